The first-order valence-electron chi connectivity index (χ1n) is 5.97. The normalized spacial score (nSPS) is 26.1. The molecule has 1 aromatic carbocycles. The molecule has 1 saturated heterocycles. The lowest BCUT2D eigenvalue weighted by Gasteiger charge is -2.37. The van der Waals surface area contributed by atoms with Gasteiger partial charge in [-0.15, -0.1) is 0 Å². The zero-order valence-corrected chi connectivity index (χ0v) is 11.8. The second-order valence-corrected chi connectivity index (χ2v) is 5.69. The molecule has 1 aromatic rings. The highest BCUT2D eigenvalue weighted by atomic mass is 79.9. The van der Waals surface area contributed by atoms with Crippen molar-refractivity contribution in [2.24, 2.45) is 0 Å². The van der Waals surface area contributed by atoms with Crippen molar-refractivity contribution in [2.45, 2.75) is 32.5 Å². The fourth-order valence-corrected chi connectivity index (χ4v) is 2.62. The lowest BCUT2D eigenvalue weighted by Crippen LogP contribution is -2.53. The third-order valence-electron chi connectivity index (χ3n) is 3.26. The van der Waals surface area contributed by atoms with Crippen molar-refractivity contribution in [1.82, 2.24) is 10.2 Å². The van der Waals surface area contributed by atoms with Crippen LogP contribution in [0.1, 0.15) is 19.4 Å². The van der Waals surface area contributed by atoms with Gasteiger partial charge in [-0.25, -0.2) is 4.39 Å². The lowest BCUT2D eigenvalue weighted by molar-refractivity contribution is 0.139. The second-order valence-electron chi connectivity index (χ2n) is 4.84. The summed E-state index contributed by atoms with van der Waals surface area (Å²) < 4.78 is 13.7. The standard InChI is InChI=1S/C13H18BrFN2/c1-9-7-17(10(2)6-16-9)8-11-3-4-13(15)12(14)5-11/h3-5,9-10,16H,6-8H2,1-2H3. The molecule has 0 amide bonds. The molecule has 1 heterocycles. The van der Waals surface area contributed by atoms with Crippen LogP contribution in [0, 0.1) is 5.82 Å². The molecule has 2 atom stereocenters. The first-order valence-corrected chi connectivity index (χ1v) is 6.77. The highest BCUT2D eigenvalue weighted by molar-refractivity contribution is 9.10. The monoisotopic (exact) mass is 300 g/mol. The number of piperazine rings is 1. The van der Waals surface area contributed by atoms with Crippen molar-refractivity contribution >= 4 is 15.9 Å². The second kappa shape index (κ2) is 5.46. The number of nitrogens with zero attached hydrogens (tertiary/aromatic N) is 1. The first kappa shape index (κ1) is 13.0. The topological polar surface area (TPSA) is 15.3 Å². The van der Waals surface area contributed by atoms with Crippen LogP contribution >= 0.6 is 15.9 Å². The molecular weight excluding hydrogens is 283 g/mol. The minimum atomic E-state index is -0.199. The van der Waals surface area contributed by atoms with Gasteiger partial charge in [-0.05, 0) is 47.5 Å². The van der Waals surface area contributed by atoms with Crippen LogP contribution in [0.4, 0.5) is 4.39 Å². The number of benzene rings is 1. The van der Waals surface area contributed by atoms with Crippen LogP contribution in [0.5, 0.6) is 0 Å². The molecule has 0 spiro atoms. The molecule has 2 nitrogen and oxygen atoms in total. The number of halogens is 2. The molecule has 1 aliphatic rings. The van der Waals surface area contributed by atoms with E-state index in [9.17, 15) is 4.39 Å². The Hall–Kier alpha value is -0.450. The summed E-state index contributed by atoms with van der Waals surface area (Å²) in [6.45, 7) is 7.35. The van der Waals surface area contributed by atoms with Crippen LogP contribution in [0.15, 0.2) is 22.7 Å². The Kier molecular flexibility index (Phi) is 4.17. The van der Waals surface area contributed by atoms with Gasteiger partial charge in [-0.1, -0.05) is 6.07 Å². The summed E-state index contributed by atoms with van der Waals surface area (Å²) in [6.07, 6.45) is 0. The molecule has 17 heavy (non-hydrogen) atoms. The summed E-state index contributed by atoms with van der Waals surface area (Å²) in [4.78, 5) is 2.43. The number of nitrogens with one attached hydrogen (secondary N) is 1. The van der Waals surface area contributed by atoms with Gasteiger partial charge in [0.05, 0.1) is 4.47 Å². The van der Waals surface area contributed by atoms with Gasteiger partial charge < -0.3 is 5.32 Å². The van der Waals surface area contributed by atoms with Crippen molar-refractivity contribution in [2.75, 3.05) is 13.1 Å². The largest absolute Gasteiger partial charge is 0.311 e. The molecule has 4 heteroatoms. The SMILES string of the molecule is CC1CN(Cc2ccc(F)c(Br)c2)C(C)CN1. The van der Waals surface area contributed by atoms with Crippen molar-refractivity contribution < 1.29 is 4.39 Å². The van der Waals surface area contributed by atoms with Crippen LogP contribution in [0.2, 0.25) is 0 Å². The van der Waals surface area contributed by atoms with E-state index in [1.165, 1.54) is 6.07 Å². The van der Waals surface area contributed by atoms with E-state index in [1.807, 2.05) is 12.1 Å². The van der Waals surface area contributed by atoms with Crippen molar-refractivity contribution in [3.63, 3.8) is 0 Å². The summed E-state index contributed by atoms with van der Waals surface area (Å²) in [7, 11) is 0. The molecule has 2 rings (SSSR count). The van der Waals surface area contributed by atoms with Crippen molar-refractivity contribution in [3.8, 4) is 0 Å². The van der Waals surface area contributed by atoms with Gasteiger partial charge >= 0.3 is 0 Å². The van der Waals surface area contributed by atoms with Gasteiger partial charge in [0.1, 0.15) is 5.82 Å². The summed E-state index contributed by atoms with van der Waals surface area (Å²) >= 11 is 3.23. The Balaban J connectivity index is 2.06. The van der Waals surface area contributed by atoms with Crippen molar-refractivity contribution in [1.29, 1.82) is 0 Å². The van der Waals surface area contributed by atoms with Crippen LogP contribution in [0.25, 0.3) is 0 Å². The van der Waals surface area contributed by atoms with E-state index in [-0.39, 0.29) is 5.82 Å². The van der Waals surface area contributed by atoms with Crippen LogP contribution in [0.3, 0.4) is 0 Å². The summed E-state index contributed by atoms with van der Waals surface area (Å²) in [5, 5.41) is 3.46. The van der Waals surface area contributed by atoms with E-state index in [0.717, 1.165) is 25.2 Å². The average Bonchev–Trinajstić information content (AvgIpc) is 2.29. The third-order valence-corrected chi connectivity index (χ3v) is 3.87. The van der Waals surface area contributed by atoms with Gasteiger partial charge in [0, 0.05) is 31.7 Å². The van der Waals surface area contributed by atoms with Gasteiger partial charge in [0.25, 0.3) is 0 Å². The van der Waals surface area contributed by atoms with Crippen LogP contribution in [-0.2, 0) is 6.54 Å². The summed E-state index contributed by atoms with van der Waals surface area (Å²) in [5.41, 5.74) is 1.15. The Morgan fingerprint density at radius 3 is 2.94 bits per heavy atom. The molecule has 1 aliphatic heterocycles. The van der Waals surface area contributed by atoms with Crippen molar-refractivity contribution in [3.05, 3.63) is 34.1 Å². The van der Waals surface area contributed by atoms with Gasteiger partial charge in [0.2, 0.25) is 0 Å². The predicted molar refractivity (Wildman–Crippen MR) is 71.4 cm³/mol. The Bertz CT molecular complexity index is 397. The van der Waals surface area contributed by atoms with E-state index in [0.29, 0.717) is 16.6 Å². The zero-order chi connectivity index (χ0) is 12.4. The van der Waals surface area contributed by atoms with Gasteiger partial charge in [-0.3, -0.25) is 4.90 Å². The van der Waals surface area contributed by atoms with Gasteiger partial charge in [-0.2, -0.15) is 0 Å². The fraction of sp³-hybridized carbons (Fsp3) is 0.538. The van der Waals surface area contributed by atoms with E-state index in [4.69, 9.17) is 0 Å². The summed E-state index contributed by atoms with van der Waals surface area (Å²) in [5.74, 6) is -0.199. The summed E-state index contributed by atoms with van der Waals surface area (Å²) in [6, 6.07) is 6.30. The predicted octanol–water partition coefficient (Wildman–Crippen LogP) is 2.77. The average molecular weight is 301 g/mol. The minimum Gasteiger partial charge on any atom is -0.311 e. The van der Waals surface area contributed by atoms with Crippen LogP contribution < -0.4 is 5.32 Å². The van der Waals surface area contributed by atoms with Gasteiger partial charge in [0.15, 0.2) is 0 Å². The molecule has 0 saturated carbocycles. The highest BCUT2D eigenvalue weighted by Crippen LogP contribution is 2.19. The Labute approximate surface area is 110 Å². The molecule has 2 unspecified atom stereocenters. The van der Waals surface area contributed by atoms with Crippen LogP contribution in [-0.4, -0.2) is 30.1 Å². The molecule has 0 aromatic heterocycles. The Morgan fingerprint density at radius 2 is 2.24 bits per heavy atom. The number of rotatable bonds is 2. The maximum atomic E-state index is 13.1. The zero-order valence-electron chi connectivity index (χ0n) is 10.2. The maximum Gasteiger partial charge on any atom is 0.137 e. The molecule has 0 bridgehead atoms. The minimum absolute atomic E-state index is 0.199. The third kappa shape index (κ3) is 3.27. The van der Waals surface area contributed by atoms with E-state index in [2.05, 4.69) is 40.0 Å². The fourth-order valence-electron chi connectivity index (χ4n) is 2.19. The smallest absolute Gasteiger partial charge is 0.137 e. The maximum absolute atomic E-state index is 13.1. The molecular formula is C13H18BrFN2. The first-order chi connectivity index (χ1) is 8.06. The van der Waals surface area contributed by atoms with E-state index >= 15 is 0 Å². The lowest BCUT2D eigenvalue weighted by atomic mass is 10.1. The molecule has 0 radical (unpaired) electrons. The molecule has 1 fully saturated rings. The highest BCUT2D eigenvalue weighted by Gasteiger charge is 2.22. The Morgan fingerprint density at radius 1 is 1.47 bits per heavy atom. The molecule has 1 N–H and O–H groups in total. The molecule has 94 valence electrons. The van der Waals surface area contributed by atoms with E-state index in [1.54, 1.807) is 0 Å². The number of hydrogen-bond donors (Lipinski definition) is 1. The molecule has 0 aliphatic carbocycles. The quantitative estimate of drug-likeness (QED) is 0.903. The van der Waals surface area contributed by atoms with E-state index < -0.39 is 0 Å². The number of hydrogen-bond acceptors (Lipinski definition) is 2.